The molecule has 2 aromatic carbocycles. The zero-order valence-electron chi connectivity index (χ0n) is 13.2. The molecule has 2 aromatic rings. The Morgan fingerprint density at radius 1 is 1.17 bits per heavy atom. The summed E-state index contributed by atoms with van der Waals surface area (Å²) >= 11 is 0. The Hall–Kier alpha value is -2.69. The lowest BCUT2D eigenvalue weighted by atomic mass is 9.96. The van der Waals surface area contributed by atoms with Gasteiger partial charge in [0.25, 0.3) is 5.91 Å². The quantitative estimate of drug-likeness (QED) is 0.906. The van der Waals surface area contributed by atoms with E-state index in [4.69, 9.17) is 9.47 Å². The number of rotatable bonds is 4. The average molecular weight is 325 g/mol. The Morgan fingerprint density at radius 3 is 2.71 bits per heavy atom. The number of fused-ring (bicyclic) bond motifs is 1. The average Bonchev–Trinajstić information content (AvgIpc) is 3.41. The molecule has 1 atom stereocenters. The first-order valence-electron chi connectivity index (χ1n) is 8.12. The standard InChI is InChI=1S/C19H19NO4/c21-14-6-7-15-16(10-14)24-17(11-23-15)18(22)20-12-19(8-9-19)13-4-2-1-3-5-13/h1-7,10,17,21H,8-9,11-12H2,(H,20,22). The summed E-state index contributed by atoms with van der Waals surface area (Å²) in [6.07, 6.45) is 1.46. The normalized spacial score (nSPS) is 20.2. The number of amides is 1. The van der Waals surface area contributed by atoms with Gasteiger partial charge in [0.1, 0.15) is 12.4 Å². The van der Waals surface area contributed by atoms with Gasteiger partial charge in [0.15, 0.2) is 11.5 Å². The zero-order chi connectivity index (χ0) is 16.6. The minimum Gasteiger partial charge on any atom is -0.508 e. The molecule has 1 saturated carbocycles. The topological polar surface area (TPSA) is 67.8 Å². The van der Waals surface area contributed by atoms with Crippen LogP contribution >= 0.6 is 0 Å². The summed E-state index contributed by atoms with van der Waals surface area (Å²) in [5.41, 5.74) is 1.32. The smallest absolute Gasteiger partial charge is 0.264 e. The number of hydrogen-bond acceptors (Lipinski definition) is 4. The summed E-state index contributed by atoms with van der Waals surface area (Å²) in [5.74, 6) is 0.830. The van der Waals surface area contributed by atoms with E-state index >= 15 is 0 Å². The third kappa shape index (κ3) is 2.77. The summed E-state index contributed by atoms with van der Waals surface area (Å²) in [5, 5.41) is 12.5. The van der Waals surface area contributed by atoms with Gasteiger partial charge in [-0.2, -0.15) is 0 Å². The molecule has 1 aliphatic carbocycles. The van der Waals surface area contributed by atoms with E-state index in [1.54, 1.807) is 6.07 Å². The van der Waals surface area contributed by atoms with Crippen molar-refractivity contribution in [1.82, 2.24) is 5.32 Å². The molecule has 0 saturated heterocycles. The van der Waals surface area contributed by atoms with Gasteiger partial charge < -0.3 is 19.9 Å². The number of aromatic hydroxyl groups is 1. The predicted octanol–water partition coefficient (Wildman–Crippen LogP) is 2.38. The highest BCUT2D eigenvalue weighted by Gasteiger charge is 2.44. The third-order valence-corrected chi connectivity index (χ3v) is 4.72. The van der Waals surface area contributed by atoms with Crippen LogP contribution in [0.3, 0.4) is 0 Å². The molecule has 1 aliphatic heterocycles. The minimum absolute atomic E-state index is 0.0582. The summed E-state index contributed by atoms with van der Waals surface area (Å²) in [4.78, 5) is 12.4. The third-order valence-electron chi connectivity index (χ3n) is 4.72. The van der Waals surface area contributed by atoms with E-state index in [0.29, 0.717) is 18.0 Å². The second-order valence-corrected chi connectivity index (χ2v) is 6.41. The van der Waals surface area contributed by atoms with E-state index in [1.807, 2.05) is 18.2 Å². The molecule has 0 bridgehead atoms. The molecule has 124 valence electrons. The summed E-state index contributed by atoms with van der Waals surface area (Å²) in [7, 11) is 0. The Bertz CT molecular complexity index is 755. The number of phenolic OH excluding ortho intramolecular Hbond substituents is 1. The van der Waals surface area contributed by atoms with E-state index in [0.717, 1.165) is 12.8 Å². The first-order chi connectivity index (χ1) is 11.7. The highest BCUT2D eigenvalue weighted by atomic mass is 16.6. The van der Waals surface area contributed by atoms with Gasteiger partial charge in [-0.1, -0.05) is 30.3 Å². The lowest BCUT2D eigenvalue weighted by Gasteiger charge is -2.26. The molecule has 0 spiro atoms. The van der Waals surface area contributed by atoms with Gasteiger partial charge in [0, 0.05) is 18.0 Å². The molecular weight excluding hydrogens is 306 g/mol. The minimum atomic E-state index is -0.703. The number of ether oxygens (including phenoxy) is 2. The van der Waals surface area contributed by atoms with Crippen molar-refractivity contribution < 1.29 is 19.4 Å². The van der Waals surface area contributed by atoms with Gasteiger partial charge in [-0.15, -0.1) is 0 Å². The van der Waals surface area contributed by atoms with Gasteiger partial charge >= 0.3 is 0 Å². The molecule has 5 heteroatoms. The summed E-state index contributed by atoms with van der Waals surface area (Å²) < 4.78 is 11.2. The van der Waals surface area contributed by atoms with Crippen LogP contribution in [0.1, 0.15) is 18.4 Å². The van der Waals surface area contributed by atoms with E-state index < -0.39 is 6.10 Å². The van der Waals surface area contributed by atoms with Gasteiger partial charge in [-0.05, 0) is 30.5 Å². The SMILES string of the molecule is O=C(NCC1(c2ccccc2)CC1)C1COc2ccc(O)cc2O1. The van der Waals surface area contributed by atoms with Crippen LogP contribution in [-0.4, -0.2) is 30.3 Å². The molecule has 1 fully saturated rings. The van der Waals surface area contributed by atoms with Crippen LogP contribution in [0.4, 0.5) is 0 Å². The first kappa shape index (κ1) is 14.9. The van der Waals surface area contributed by atoms with Crippen molar-refractivity contribution >= 4 is 5.91 Å². The molecule has 1 heterocycles. The van der Waals surface area contributed by atoms with Crippen LogP contribution in [-0.2, 0) is 10.2 Å². The van der Waals surface area contributed by atoms with Crippen LogP contribution in [0, 0.1) is 0 Å². The van der Waals surface area contributed by atoms with Crippen molar-refractivity contribution in [3.63, 3.8) is 0 Å². The monoisotopic (exact) mass is 325 g/mol. The maximum atomic E-state index is 12.4. The van der Waals surface area contributed by atoms with Crippen LogP contribution in [0.15, 0.2) is 48.5 Å². The fourth-order valence-corrected chi connectivity index (χ4v) is 3.07. The van der Waals surface area contributed by atoms with Gasteiger partial charge in [-0.3, -0.25) is 4.79 Å². The summed E-state index contributed by atoms with van der Waals surface area (Å²) in [6, 6.07) is 14.9. The number of phenols is 1. The van der Waals surface area contributed by atoms with Crippen molar-refractivity contribution in [1.29, 1.82) is 0 Å². The van der Waals surface area contributed by atoms with E-state index in [-0.39, 0.29) is 23.7 Å². The first-order valence-corrected chi connectivity index (χ1v) is 8.12. The Balaban J connectivity index is 1.39. The molecular formula is C19H19NO4. The largest absolute Gasteiger partial charge is 0.508 e. The van der Waals surface area contributed by atoms with Gasteiger partial charge in [-0.25, -0.2) is 0 Å². The highest BCUT2D eigenvalue weighted by Crippen LogP contribution is 2.47. The fraction of sp³-hybridized carbons (Fsp3) is 0.316. The highest BCUT2D eigenvalue weighted by molar-refractivity contribution is 5.82. The summed E-state index contributed by atoms with van der Waals surface area (Å²) in [6.45, 7) is 0.768. The molecule has 2 N–H and O–H groups in total. The van der Waals surface area contributed by atoms with Crippen LogP contribution in [0.25, 0.3) is 0 Å². The molecule has 24 heavy (non-hydrogen) atoms. The fourth-order valence-electron chi connectivity index (χ4n) is 3.07. The number of nitrogens with one attached hydrogen (secondary N) is 1. The Kier molecular flexibility index (Phi) is 3.56. The Morgan fingerprint density at radius 2 is 1.96 bits per heavy atom. The maximum absolute atomic E-state index is 12.4. The molecule has 1 unspecified atom stereocenters. The number of benzene rings is 2. The molecule has 5 nitrogen and oxygen atoms in total. The van der Waals surface area contributed by atoms with Crippen molar-refractivity contribution in [2.75, 3.05) is 13.2 Å². The predicted molar refractivity (Wildman–Crippen MR) is 88.4 cm³/mol. The molecule has 0 radical (unpaired) electrons. The van der Waals surface area contributed by atoms with Crippen LogP contribution in [0.2, 0.25) is 0 Å². The molecule has 4 rings (SSSR count). The number of hydrogen-bond donors (Lipinski definition) is 2. The molecule has 0 aromatic heterocycles. The zero-order valence-corrected chi connectivity index (χ0v) is 13.2. The number of carbonyl (C=O) groups is 1. The number of carbonyl (C=O) groups excluding carboxylic acids is 1. The van der Waals surface area contributed by atoms with Crippen LogP contribution < -0.4 is 14.8 Å². The molecule has 1 amide bonds. The lowest BCUT2D eigenvalue weighted by molar-refractivity contribution is -0.130. The van der Waals surface area contributed by atoms with Crippen molar-refractivity contribution in [2.24, 2.45) is 0 Å². The van der Waals surface area contributed by atoms with E-state index in [2.05, 4.69) is 17.4 Å². The van der Waals surface area contributed by atoms with E-state index in [1.165, 1.54) is 17.7 Å². The van der Waals surface area contributed by atoms with Crippen LogP contribution in [0.5, 0.6) is 17.2 Å². The maximum Gasteiger partial charge on any atom is 0.264 e. The molecule has 2 aliphatic rings. The van der Waals surface area contributed by atoms with Gasteiger partial charge in [0.2, 0.25) is 6.10 Å². The second-order valence-electron chi connectivity index (χ2n) is 6.41. The second kappa shape index (κ2) is 5.74. The lowest BCUT2D eigenvalue weighted by Crippen LogP contribution is -2.46. The van der Waals surface area contributed by atoms with Gasteiger partial charge in [0.05, 0.1) is 0 Å². The van der Waals surface area contributed by atoms with Crippen molar-refractivity contribution in [2.45, 2.75) is 24.4 Å². The van der Waals surface area contributed by atoms with Crippen molar-refractivity contribution in [3.8, 4) is 17.2 Å². The van der Waals surface area contributed by atoms with Crippen molar-refractivity contribution in [3.05, 3.63) is 54.1 Å². The van der Waals surface area contributed by atoms with E-state index in [9.17, 15) is 9.90 Å². The Labute approximate surface area is 140 Å².